The summed E-state index contributed by atoms with van der Waals surface area (Å²) in [5, 5.41) is 8.50. The van der Waals surface area contributed by atoms with Gasteiger partial charge in [0, 0.05) is 0 Å². The number of benzene rings is 1. The molecule has 1 aromatic carbocycles. The summed E-state index contributed by atoms with van der Waals surface area (Å²) < 4.78 is 16.0. The van der Waals surface area contributed by atoms with Crippen LogP contribution >= 0.6 is 0 Å². The standard InChI is InChI=1S/C14H22O4/c1-12-3-4-13(2)14(11-12)18-10-9-17-8-7-16-6-5-15/h3-4,11,15H,5-10H2,1-2H3. The Morgan fingerprint density at radius 1 is 0.944 bits per heavy atom. The fourth-order valence-electron chi connectivity index (χ4n) is 1.46. The molecule has 18 heavy (non-hydrogen) atoms. The van der Waals surface area contributed by atoms with Crippen molar-refractivity contribution in [2.75, 3.05) is 39.6 Å². The molecular formula is C14H22O4. The van der Waals surface area contributed by atoms with Crippen molar-refractivity contribution in [1.82, 2.24) is 0 Å². The van der Waals surface area contributed by atoms with Crippen molar-refractivity contribution in [2.45, 2.75) is 13.8 Å². The van der Waals surface area contributed by atoms with Crippen LogP contribution in [-0.4, -0.2) is 44.7 Å². The lowest BCUT2D eigenvalue weighted by Crippen LogP contribution is -2.12. The molecule has 0 unspecified atom stereocenters. The molecule has 0 bridgehead atoms. The molecule has 0 atom stereocenters. The maximum atomic E-state index is 8.50. The highest BCUT2D eigenvalue weighted by atomic mass is 16.5. The normalized spacial score (nSPS) is 10.6. The summed E-state index contributed by atoms with van der Waals surface area (Å²) in [6.45, 7) is 6.58. The Hall–Kier alpha value is -1.10. The number of aliphatic hydroxyl groups excluding tert-OH is 1. The Balaban J connectivity index is 2.09. The zero-order valence-electron chi connectivity index (χ0n) is 11.1. The van der Waals surface area contributed by atoms with Gasteiger partial charge in [-0.05, 0) is 31.0 Å². The predicted octanol–water partition coefficient (Wildman–Crippen LogP) is 1.71. The van der Waals surface area contributed by atoms with Gasteiger partial charge in [0.1, 0.15) is 12.4 Å². The molecule has 0 saturated heterocycles. The molecule has 0 fully saturated rings. The van der Waals surface area contributed by atoms with E-state index in [-0.39, 0.29) is 6.61 Å². The summed E-state index contributed by atoms with van der Waals surface area (Å²) in [6.07, 6.45) is 0. The Morgan fingerprint density at radius 3 is 2.33 bits per heavy atom. The molecule has 0 aliphatic rings. The Kier molecular flexibility index (Phi) is 7.41. The van der Waals surface area contributed by atoms with E-state index in [1.54, 1.807) is 0 Å². The minimum atomic E-state index is 0.0513. The second-order valence-corrected chi connectivity index (χ2v) is 4.07. The topological polar surface area (TPSA) is 47.9 Å². The van der Waals surface area contributed by atoms with Crippen LogP contribution < -0.4 is 4.74 Å². The maximum absolute atomic E-state index is 8.50. The number of hydrogen-bond donors (Lipinski definition) is 1. The summed E-state index contributed by atoms with van der Waals surface area (Å²) >= 11 is 0. The van der Waals surface area contributed by atoms with Gasteiger partial charge >= 0.3 is 0 Å². The zero-order valence-corrected chi connectivity index (χ0v) is 11.1. The molecule has 0 radical (unpaired) electrons. The van der Waals surface area contributed by atoms with Crippen LogP contribution in [0.25, 0.3) is 0 Å². The second kappa shape index (κ2) is 8.91. The summed E-state index contributed by atoms with van der Waals surface area (Å²) in [4.78, 5) is 0. The molecule has 4 heteroatoms. The first-order valence-corrected chi connectivity index (χ1v) is 6.20. The summed E-state index contributed by atoms with van der Waals surface area (Å²) in [6, 6.07) is 6.14. The minimum absolute atomic E-state index is 0.0513. The molecule has 0 spiro atoms. The smallest absolute Gasteiger partial charge is 0.122 e. The lowest BCUT2D eigenvalue weighted by atomic mass is 10.1. The van der Waals surface area contributed by atoms with Crippen molar-refractivity contribution >= 4 is 0 Å². The highest BCUT2D eigenvalue weighted by molar-refractivity contribution is 5.35. The molecule has 0 amide bonds. The van der Waals surface area contributed by atoms with Crippen molar-refractivity contribution in [3.8, 4) is 5.75 Å². The van der Waals surface area contributed by atoms with Crippen LogP contribution in [-0.2, 0) is 9.47 Å². The predicted molar refractivity (Wildman–Crippen MR) is 70.1 cm³/mol. The van der Waals surface area contributed by atoms with Crippen molar-refractivity contribution in [3.63, 3.8) is 0 Å². The van der Waals surface area contributed by atoms with E-state index in [1.807, 2.05) is 26.0 Å². The third-order valence-electron chi connectivity index (χ3n) is 2.44. The molecular weight excluding hydrogens is 232 g/mol. The van der Waals surface area contributed by atoms with Gasteiger partial charge in [-0.3, -0.25) is 0 Å². The number of aliphatic hydroxyl groups is 1. The number of aryl methyl sites for hydroxylation is 2. The molecule has 0 aliphatic carbocycles. The van der Waals surface area contributed by atoms with Crippen LogP contribution in [0.1, 0.15) is 11.1 Å². The number of hydrogen-bond acceptors (Lipinski definition) is 4. The van der Waals surface area contributed by atoms with Gasteiger partial charge in [-0.15, -0.1) is 0 Å². The first-order chi connectivity index (χ1) is 8.74. The maximum Gasteiger partial charge on any atom is 0.122 e. The minimum Gasteiger partial charge on any atom is -0.491 e. The van der Waals surface area contributed by atoms with Crippen molar-refractivity contribution in [2.24, 2.45) is 0 Å². The summed E-state index contributed by atoms with van der Waals surface area (Å²) in [7, 11) is 0. The molecule has 0 aromatic heterocycles. The van der Waals surface area contributed by atoms with Gasteiger partial charge in [0.05, 0.1) is 33.0 Å². The van der Waals surface area contributed by atoms with Crippen LogP contribution in [0.2, 0.25) is 0 Å². The molecule has 1 N–H and O–H groups in total. The van der Waals surface area contributed by atoms with E-state index >= 15 is 0 Å². The van der Waals surface area contributed by atoms with Gasteiger partial charge in [0.2, 0.25) is 0 Å². The molecule has 0 saturated carbocycles. The van der Waals surface area contributed by atoms with Crippen molar-refractivity contribution < 1.29 is 19.3 Å². The highest BCUT2D eigenvalue weighted by Crippen LogP contribution is 2.18. The quantitative estimate of drug-likeness (QED) is 0.681. The van der Waals surface area contributed by atoms with E-state index in [4.69, 9.17) is 19.3 Å². The largest absolute Gasteiger partial charge is 0.491 e. The Bertz CT molecular complexity index is 339. The molecule has 102 valence electrons. The monoisotopic (exact) mass is 254 g/mol. The van der Waals surface area contributed by atoms with E-state index in [9.17, 15) is 0 Å². The number of ether oxygens (including phenoxy) is 3. The van der Waals surface area contributed by atoms with Gasteiger partial charge in [0.25, 0.3) is 0 Å². The lowest BCUT2D eigenvalue weighted by Gasteiger charge is -2.10. The van der Waals surface area contributed by atoms with E-state index in [0.29, 0.717) is 33.0 Å². The summed E-state index contributed by atoms with van der Waals surface area (Å²) in [5.41, 5.74) is 2.32. The van der Waals surface area contributed by atoms with Crippen molar-refractivity contribution in [3.05, 3.63) is 29.3 Å². The molecule has 0 heterocycles. The highest BCUT2D eigenvalue weighted by Gasteiger charge is 1.99. The van der Waals surface area contributed by atoms with Gasteiger partial charge in [0.15, 0.2) is 0 Å². The molecule has 1 rings (SSSR count). The van der Waals surface area contributed by atoms with Gasteiger partial charge in [-0.1, -0.05) is 12.1 Å². The van der Waals surface area contributed by atoms with E-state index in [2.05, 4.69) is 6.07 Å². The lowest BCUT2D eigenvalue weighted by molar-refractivity contribution is 0.0246. The SMILES string of the molecule is Cc1ccc(C)c(OCCOCCOCCO)c1. The van der Waals surface area contributed by atoms with E-state index in [0.717, 1.165) is 11.3 Å². The van der Waals surface area contributed by atoms with Gasteiger partial charge < -0.3 is 19.3 Å². The Morgan fingerprint density at radius 2 is 1.61 bits per heavy atom. The first kappa shape index (κ1) is 15.0. The second-order valence-electron chi connectivity index (χ2n) is 4.07. The van der Waals surface area contributed by atoms with E-state index in [1.165, 1.54) is 5.56 Å². The molecule has 0 aliphatic heterocycles. The van der Waals surface area contributed by atoms with Gasteiger partial charge in [-0.25, -0.2) is 0 Å². The fourth-order valence-corrected chi connectivity index (χ4v) is 1.46. The van der Waals surface area contributed by atoms with Crippen LogP contribution in [0, 0.1) is 13.8 Å². The van der Waals surface area contributed by atoms with Crippen LogP contribution in [0.3, 0.4) is 0 Å². The number of rotatable bonds is 9. The van der Waals surface area contributed by atoms with Crippen LogP contribution in [0.15, 0.2) is 18.2 Å². The molecule has 4 nitrogen and oxygen atoms in total. The average Bonchev–Trinajstić information content (AvgIpc) is 2.36. The third-order valence-corrected chi connectivity index (χ3v) is 2.44. The van der Waals surface area contributed by atoms with E-state index < -0.39 is 0 Å². The van der Waals surface area contributed by atoms with Crippen LogP contribution in [0.5, 0.6) is 5.75 Å². The average molecular weight is 254 g/mol. The molecule has 1 aromatic rings. The fraction of sp³-hybridized carbons (Fsp3) is 0.571. The summed E-state index contributed by atoms with van der Waals surface area (Å²) in [5.74, 6) is 0.912. The van der Waals surface area contributed by atoms with Gasteiger partial charge in [-0.2, -0.15) is 0 Å². The zero-order chi connectivity index (χ0) is 13.2. The first-order valence-electron chi connectivity index (χ1n) is 6.20. The third kappa shape index (κ3) is 6.00. The van der Waals surface area contributed by atoms with Crippen molar-refractivity contribution in [1.29, 1.82) is 0 Å². The Labute approximate surface area is 108 Å². The van der Waals surface area contributed by atoms with Crippen LogP contribution in [0.4, 0.5) is 0 Å².